The van der Waals surface area contributed by atoms with Crippen molar-refractivity contribution in [3.63, 3.8) is 0 Å². The lowest BCUT2D eigenvalue weighted by molar-refractivity contribution is -0.429. The van der Waals surface area contributed by atoms with E-state index in [1.54, 1.807) is 13.8 Å². The molecule has 0 aliphatic heterocycles. The molecule has 4 N–H and O–H groups in total. The Morgan fingerprint density at radius 3 is 1.09 bits per heavy atom. The summed E-state index contributed by atoms with van der Waals surface area (Å²) in [5.41, 5.74) is 7.66. The molecule has 0 unspecified atom stereocenters. The fraction of sp³-hybridized carbons (Fsp3) is 0.625. The van der Waals surface area contributed by atoms with E-state index in [0.29, 0.717) is 75.6 Å². The van der Waals surface area contributed by atoms with Crippen molar-refractivity contribution in [2.75, 3.05) is 11.5 Å². The molecule has 0 aromatic heterocycles. The average Bonchev–Trinajstić information content (AvgIpc) is 3.89. The predicted octanol–water partition coefficient (Wildman–Crippen LogP) is 10.7. The van der Waals surface area contributed by atoms with Gasteiger partial charge in [0.2, 0.25) is 0 Å². The smallest absolute Gasteiger partial charge is 0.385 e. The zero-order valence-electron chi connectivity index (χ0n) is 25.2. The average molecular weight is 677 g/mol. The topological polar surface area (TPSA) is 52.0 Å². The van der Waals surface area contributed by atoms with Crippen molar-refractivity contribution in [3.8, 4) is 0 Å². The number of aryl methyl sites for hydroxylation is 2. The van der Waals surface area contributed by atoms with E-state index < -0.39 is 58.5 Å². The Hall–Kier alpha value is -2.80. The first-order valence-corrected chi connectivity index (χ1v) is 15.2. The van der Waals surface area contributed by atoms with Crippen LogP contribution in [0.3, 0.4) is 0 Å². The first-order valence-electron chi connectivity index (χ1n) is 15.2. The highest BCUT2D eigenvalue weighted by atomic mass is 19.4. The molecule has 0 amide bonds. The molecular weight excluding hydrogens is 640 g/mol. The van der Waals surface area contributed by atoms with Crippen molar-refractivity contribution in [2.45, 2.75) is 125 Å². The number of hydrogen-bond donors (Lipinski definition) is 2. The van der Waals surface area contributed by atoms with Crippen molar-refractivity contribution in [2.24, 2.45) is 0 Å². The summed E-state index contributed by atoms with van der Waals surface area (Å²) in [6.07, 6.45) is 3.05. The van der Waals surface area contributed by atoms with Crippen LogP contribution in [-0.2, 0) is 24.7 Å². The highest BCUT2D eigenvalue weighted by molar-refractivity contribution is 5.60. The number of nitrogen functional groups attached to an aromatic ring is 2. The number of unbranched alkanes of at least 4 members (excludes halogenated alkanes) is 2. The molecule has 4 rings (SSSR count). The van der Waals surface area contributed by atoms with Gasteiger partial charge in [-0.25, -0.2) is 0 Å². The number of rotatable bonds is 15. The lowest BCUT2D eigenvalue weighted by atomic mass is 9.84. The minimum Gasteiger partial charge on any atom is -0.398 e. The summed E-state index contributed by atoms with van der Waals surface area (Å²) in [4.78, 5) is 0. The fourth-order valence-electron chi connectivity index (χ4n) is 5.60. The van der Waals surface area contributed by atoms with Gasteiger partial charge in [0.25, 0.3) is 0 Å². The summed E-state index contributed by atoms with van der Waals surface area (Å²) >= 11 is 0. The number of anilines is 2. The number of alkyl halides is 12. The largest absolute Gasteiger partial charge is 0.398 e. The lowest BCUT2D eigenvalue weighted by Gasteiger charge is -2.41. The molecule has 14 heteroatoms. The molecule has 2 aliphatic carbocycles. The van der Waals surface area contributed by atoms with Gasteiger partial charge in [-0.15, -0.1) is 0 Å². The Labute approximate surface area is 258 Å². The third-order valence-electron chi connectivity index (χ3n) is 8.93. The Kier molecular flexibility index (Phi) is 9.42. The summed E-state index contributed by atoms with van der Waals surface area (Å²) in [7, 11) is 0. The highest BCUT2D eigenvalue weighted by Gasteiger charge is 2.90. The zero-order valence-corrected chi connectivity index (χ0v) is 25.2. The molecule has 0 spiro atoms. The minimum absolute atomic E-state index is 0.0565. The summed E-state index contributed by atoms with van der Waals surface area (Å²) in [6, 6.07) is 1.42. The van der Waals surface area contributed by atoms with Crippen LogP contribution in [-0.4, -0.2) is 23.7 Å². The van der Waals surface area contributed by atoms with E-state index in [0.717, 1.165) is 0 Å². The zero-order chi connectivity index (χ0) is 34.7. The molecule has 258 valence electrons. The summed E-state index contributed by atoms with van der Waals surface area (Å²) in [6.45, 7) is 3.40. The number of benzene rings is 2. The van der Waals surface area contributed by atoms with Gasteiger partial charge < -0.3 is 11.5 Å². The lowest BCUT2D eigenvalue weighted by Crippen LogP contribution is -2.69. The van der Waals surface area contributed by atoms with Crippen LogP contribution in [0.25, 0.3) is 0 Å². The van der Waals surface area contributed by atoms with Crippen LogP contribution >= 0.6 is 0 Å². The van der Waals surface area contributed by atoms with E-state index in [2.05, 4.69) is 0 Å². The molecule has 2 aromatic rings. The molecule has 2 fully saturated rings. The van der Waals surface area contributed by atoms with E-state index >= 15 is 52.7 Å². The number of hydrogen-bond acceptors (Lipinski definition) is 2. The third-order valence-corrected chi connectivity index (χ3v) is 8.93. The maximum absolute atomic E-state index is 15.4. The van der Waals surface area contributed by atoms with Gasteiger partial charge in [0.1, 0.15) is 0 Å². The van der Waals surface area contributed by atoms with Crippen LogP contribution in [0.15, 0.2) is 24.3 Å². The Balaban J connectivity index is 1.79. The molecule has 2 saturated carbocycles. The molecule has 2 aliphatic rings. The van der Waals surface area contributed by atoms with E-state index in [4.69, 9.17) is 11.5 Å². The van der Waals surface area contributed by atoms with Gasteiger partial charge in [-0.1, -0.05) is 26.7 Å². The normalized spacial score (nSPS) is 17.1. The van der Waals surface area contributed by atoms with Crippen molar-refractivity contribution in [1.29, 1.82) is 0 Å². The van der Waals surface area contributed by atoms with Gasteiger partial charge in [0, 0.05) is 22.5 Å². The van der Waals surface area contributed by atoms with Gasteiger partial charge >= 0.3 is 35.5 Å². The van der Waals surface area contributed by atoms with Crippen LogP contribution in [0.5, 0.6) is 0 Å². The van der Waals surface area contributed by atoms with Crippen molar-refractivity contribution in [1.82, 2.24) is 0 Å². The number of halogens is 12. The van der Waals surface area contributed by atoms with Crippen molar-refractivity contribution in [3.05, 3.63) is 57.6 Å². The van der Waals surface area contributed by atoms with Crippen LogP contribution < -0.4 is 11.5 Å². The molecule has 2 aromatic carbocycles. The van der Waals surface area contributed by atoms with Gasteiger partial charge in [-0.3, -0.25) is 0 Å². The van der Waals surface area contributed by atoms with Crippen LogP contribution in [0.4, 0.5) is 64.1 Å². The van der Waals surface area contributed by atoms with E-state index in [-0.39, 0.29) is 46.5 Å². The summed E-state index contributed by atoms with van der Waals surface area (Å²) < 4.78 is 182. The van der Waals surface area contributed by atoms with Crippen LogP contribution in [0.2, 0.25) is 0 Å². The van der Waals surface area contributed by atoms with Crippen LogP contribution in [0.1, 0.15) is 110 Å². The van der Waals surface area contributed by atoms with Crippen LogP contribution in [0, 0.1) is 0 Å². The van der Waals surface area contributed by atoms with Crippen molar-refractivity contribution >= 4 is 11.4 Å². The van der Waals surface area contributed by atoms with Gasteiger partial charge in [-0.2, -0.15) is 52.7 Å². The monoisotopic (exact) mass is 676 g/mol. The van der Waals surface area contributed by atoms with Gasteiger partial charge in [0.15, 0.2) is 0 Å². The SMILES string of the molecule is CCCCc1cc(C(F)(F)C(F)(F)C(F)(F)C(F)(F)C(F)(F)C(F)(F)c2cc(CCCC)c(N)c(C3CC3)c2)cc(C2CC2)c1N. The standard InChI is InChI=1S/C32H36F12N2/c1-3-5-7-19-13-21(15-23(25(19)45)17-9-10-17)27(33,34)29(37,38)31(41,42)32(43,44)30(39,40)28(35,36)22-14-20(8-6-4-2)26(46)24(16-22)18-11-12-18/h13-18H,3-12,45-46H2,1-2H3. The molecule has 0 atom stereocenters. The second-order valence-corrected chi connectivity index (χ2v) is 12.5. The van der Waals surface area contributed by atoms with Gasteiger partial charge in [0.05, 0.1) is 0 Å². The molecular formula is C32H36F12N2. The van der Waals surface area contributed by atoms with Crippen molar-refractivity contribution < 1.29 is 52.7 Å². The Morgan fingerprint density at radius 2 is 0.826 bits per heavy atom. The molecule has 0 bridgehead atoms. The fourth-order valence-corrected chi connectivity index (χ4v) is 5.60. The molecule has 2 nitrogen and oxygen atoms in total. The third kappa shape index (κ3) is 5.69. The van der Waals surface area contributed by atoms with Gasteiger partial charge in [-0.05, 0) is 110 Å². The predicted molar refractivity (Wildman–Crippen MR) is 150 cm³/mol. The molecule has 0 saturated heterocycles. The Bertz CT molecular complexity index is 1320. The number of nitrogens with two attached hydrogens (primary N) is 2. The second kappa shape index (κ2) is 12.0. The Morgan fingerprint density at radius 1 is 0.522 bits per heavy atom. The summed E-state index contributed by atoms with van der Waals surface area (Å²) in [5, 5.41) is 0. The first-order chi connectivity index (χ1) is 21.1. The van der Waals surface area contributed by atoms with E-state index in [1.807, 2.05) is 0 Å². The highest BCUT2D eigenvalue weighted by Crippen LogP contribution is 2.64. The molecule has 46 heavy (non-hydrogen) atoms. The quantitative estimate of drug-likeness (QED) is 0.146. The molecule has 0 radical (unpaired) electrons. The second-order valence-electron chi connectivity index (χ2n) is 12.5. The minimum atomic E-state index is -7.68. The summed E-state index contributed by atoms with van der Waals surface area (Å²) in [5.74, 6) is -43.3. The first kappa shape index (κ1) is 36.0. The van der Waals surface area contributed by atoms with E-state index in [1.165, 1.54) is 0 Å². The van der Waals surface area contributed by atoms with E-state index in [9.17, 15) is 0 Å². The maximum atomic E-state index is 15.4. The maximum Gasteiger partial charge on any atom is 0.385 e. The molecule has 0 heterocycles.